The first-order chi connectivity index (χ1) is 6.55. The quantitative estimate of drug-likeness (QED) is 0.785. The molecule has 0 aliphatic rings. The SMILES string of the molecule is CCC(C)(C)CNCc1sccc1C. The Morgan fingerprint density at radius 1 is 1.43 bits per heavy atom. The fourth-order valence-electron chi connectivity index (χ4n) is 1.22. The summed E-state index contributed by atoms with van der Waals surface area (Å²) in [5.74, 6) is 0. The minimum Gasteiger partial charge on any atom is -0.311 e. The summed E-state index contributed by atoms with van der Waals surface area (Å²) >= 11 is 1.85. The average Bonchev–Trinajstić information content (AvgIpc) is 2.52. The van der Waals surface area contributed by atoms with Crippen molar-refractivity contribution in [3.8, 4) is 0 Å². The number of hydrogen-bond acceptors (Lipinski definition) is 2. The summed E-state index contributed by atoms with van der Waals surface area (Å²) in [6.45, 7) is 11.2. The molecule has 1 N–H and O–H groups in total. The van der Waals surface area contributed by atoms with E-state index in [4.69, 9.17) is 0 Å². The molecule has 0 saturated heterocycles. The third kappa shape index (κ3) is 3.43. The molecule has 2 heteroatoms. The molecule has 0 aromatic carbocycles. The van der Waals surface area contributed by atoms with Crippen LogP contribution in [0.4, 0.5) is 0 Å². The molecule has 1 aromatic rings. The molecule has 0 aliphatic carbocycles. The zero-order valence-electron chi connectivity index (χ0n) is 9.68. The number of nitrogens with one attached hydrogen (secondary N) is 1. The lowest BCUT2D eigenvalue weighted by molar-refractivity contribution is 0.328. The highest BCUT2D eigenvalue weighted by Crippen LogP contribution is 2.19. The standard InChI is InChI=1S/C12H21NS/c1-5-12(3,4)9-13-8-11-10(2)6-7-14-11/h6-7,13H,5,8-9H2,1-4H3. The Labute approximate surface area is 91.5 Å². The number of rotatable bonds is 5. The zero-order valence-corrected chi connectivity index (χ0v) is 10.5. The molecule has 1 rings (SSSR count). The van der Waals surface area contributed by atoms with Crippen molar-refractivity contribution in [2.24, 2.45) is 5.41 Å². The first-order valence-corrected chi connectivity index (χ1v) is 6.17. The summed E-state index contributed by atoms with van der Waals surface area (Å²) in [5.41, 5.74) is 1.84. The predicted molar refractivity (Wildman–Crippen MR) is 64.8 cm³/mol. The molecule has 1 aromatic heterocycles. The van der Waals surface area contributed by atoms with Gasteiger partial charge >= 0.3 is 0 Å². The molecule has 0 bridgehead atoms. The van der Waals surface area contributed by atoms with Gasteiger partial charge in [-0.3, -0.25) is 0 Å². The van der Waals surface area contributed by atoms with E-state index in [1.54, 1.807) is 0 Å². The van der Waals surface area contributed by atoms with Crippen LogP contribution < -0.4 is 5.32 Å². The lowest BCUT2D eigenvalue weighted by atomic mass is 9.90. The monoisotopic (exact) mass is 211 g/mol. The summed E-state index contributed by atoms with van der Waals surface area (Å²) in [4.78, 5) is 1.47. The first kappa shape index (κ1) is 11.7. The van der Waals surface area contributed by atoms with Crippen molar-refractivity contribution in [1.29, 1.82) is 0 Å². The van der Waals surface area contributed by atoms with Crippen LogP contribution >= 0.6 is 11.3 Å². The van der Waals surface area contributed by atoms with Gasteiger partial charge in [0.2, 0.25) is 0 Å². The summed E-state index contributed by atoms with van der Waals surface area (Å²) in [6, 6.07) is 2.19. The van der Waals surface area contributed by atoms with Gasteiger partial charge in [-0.1, -0.05) is 20.8 Å². The van der Waals surface area contributed by atoms with Gasteiger partial charge in [-0.25, -0.2) is 0 Å². The number of aryl methyl sites for hydroxylation is 1. The van der Waals surface area contributed by atoms with E-state index in [-0.39, 0.29) is 0 Å². The lowest BCUT2D eigenvalue weighted by Crippen LogP contribution is -2.28. The molecule has 0 saturated carbocycles. The van der Waals surface area contributed by atoms with Gasteiger partial charge in [-0.2, -0.15) is 0 Å². The number of hydrogen-bond donors (Lipinski definition) is 1. The van der Waals surface area contributed by atoms with Crippen LogP contribution in [0.15, 0.2) is 11.4 Å². The van der Waals surface area contributed by atoms with Crippen LogP contribution in [0.3, 0.4) is 0 Å². The van der Waals surface area contributed by atoms with E-state index in [1.165, 1.54) is 16.9 Å². The van der Waals surface area contributed by atoms with Gasteiger partial charge in [0.15, 0.2) is 0 Å². The van der Waals surface area contributed by atoms with Crippen LogP contribution in [-0.4, -0.2) is 6.54 Å². The third-order valence-corrected chi connectivity index (χ3v) is 3.84. The summed E-state index contributed by atoms with van der Waals surface area (Å²) in [7, 11) is 0. The maximum atomic E-state index is 3.53. The molecule has 0 radical (unpaired) electrons. The molecule has 0 spiro atoms. The fourth-order valence-corrected chi connectivity index (χ4v) is 2.10. The van der Waals surface area contributed by atoms with Crippen molar-refractivity contribution in [2.45, 2.75) is 40.7 Å². The molecule has 0 atom stereocenters. The molecule has 1 heterocycles. The Bertz CT molecular complexity index is 276. The van der Waals surface area contributed by atoms with Crippen molar-refractivity contribution in [3.63, 3.8) is 0 Å². The van der Waals surface area contributed by atoms with Gasteiger partial charge in [-0.05, 0) is 35.8 Å². The Hall–Kier alpha value is -0.340. The van der Waals surface area contributed by atoms with Gasteiger partial charge < -0.3 is 5.32 Å². The molecular weight excluding hydrogens is 190 g/mol. The molecule has 0 aliphatic heterocycles. The molecule has 0 unspecified atom stereocenters. The zero-order chi connectivity index (χ0) is 10.6. The van der Waals surface area contributed by atoms with Crippen molar-refractivity contribution in [3.05, 3.63) is 21.9 Å². The highest BCUT2D eigenvalue weighted by atomic mass is 32.1. The summed E-state index contributed by atoms with van der Waals surface area (Å²) in [5, 5.41) is 5.69. The highest BCUT2D eigenvalue weighted by Gasteiger charge is 2.14. The fraction of sp³-hybridized carbons (Fsp3) is 0.667. The average molecular weight is 211 g/mol. The van der Waals surface area contributed by atoms with Gasteiger partial charge in [0, 0.05) is 18.0 Å². The van der Waals surface area contributed by atoms with E-state index < -0.39 is 0 Å². The lowest BCUT2D eigenvalue weighted by Gasteiger charge is -2.22. The highest BCUT2D eigenvalue weighted by molar-refractivity contribution is 7.10. The smallest absolute Gasteiger partial charge is 0.0302 e. The summed E-state index contributed by atoms with van der Waals surface area (Å²) < 4.78 is 0. The van der Waals surface area contributed by atoms with Gasteiger partial charge in [0.05, 0.1) is 0 Å². The van der Waals surface area contributed by atoms with E-state index in [0.717, 1.165) is 13.1 Å². The van der Waals surface area contributed by atoms with E-state index in [9.17, 15) is 0 Å². The van der Waals surface area contributed by atoms with Gasteiger partial charge in [0.1, 0.15) is 0 Å². The van der Waals surface area contributed by atoms with Crippen LogP contribution in [0.5, 0.6) is 0 Å². The van der Waals surface area contributed by atoms with Crippen molar-refractivity contribution < 1.29 is 0 Å². The second-order valence-electron chi connectivity index (χ2n) is 4.65. The Morgan fingerprint density at radius 3 is 2.64 bits per heavy atom. The number of thiophene rings is 1. The van der Waals surface area contributed by atoms with Crippen LogP contribution in [0.2, 0.25) is 0 Å². The normalized spacial score (nSPS) is 12.0. The molecule has 80 valence electrons. The minimum absolute atomic E-state index is 0.422. The Morgan fingerprint density at radius 2 is 2.14 bits per heavy atom. The van der Waals surface area contributed by atoms with Gasteiger partial charge in [0.25, 0.3) is 0 Å². The van der Waals surface area contributed by atoms with Crippen molar-refractivity contribution in [1.82, 2.24) is 5.32 Å². The molecular formula is C12H21NS. The third-order valence-electron chi connectivity index (χ3n) is 2.81. The molecule has 0 fully saturated rings. The Kier molecular flexibility index (Phi) is 4.14. The van der Waals surface area contributed by atoms with Gasteiger partial charge in [-0.15, -0.1) is 11.3 Å². The second kappa shape index (κ2) is 4.94. The second-order valence-corrected chi connectivity index (χ2v) is 5.65. The maximum absolute atomic E-state index is 3.53. The van der Waals surface area contributed by atoms with E-state index in [1.807, 2.05) is 11.3 Å². The molecule has 1 nitrogen and oxygen atoms in total. The van der Waals surface area contributed by atoms with Crippen molar-refractivity contribution in [2.75, 3.05) is 6.54 Å². The topological polar surface area (TPSA) is 12.0 Å². The largest absolute Gasteiger partial charge is 0.311 e. The van der Waals surface area contributed by atoms with Crippen LogP contribution in [0.1, 0.15) is 37.6 Å². The van der Waals surface area contributed by atoms with E-state index in [2.05, 4.69) is 44.5 Å². The van der Waals surface area contributed by atoms with E-state index in [0.29, 0.717) is 5.41 Å². The molecule has 0 amide bonds. The molecule has 14 heavy (non-hydrogen) atoms. The summed E-state index contributed by atoms with van der Waals surface area (Å²) in [6.07, 6.45) is 1.23. The van der Waals surface area contributed by atoms with Crippen LogP contribution in [0.25, 0.3) is 0 Å². The Balaban J connectivity index is 2.32. The van der Waals surface area contributed by atoms with Crippen molar-refractivity contribution >= 4 is 11.3 Å². The first-order valence-electron chi connectivity index (χ1n) is 5.29. The van der Waals surface area contributed by atoms with E-state index >= 15 is 0 Å². The van der Waals surface area contributed by atoms with Crippen LogP contribution in [-0.2, 0) is 6.54 Å². The minimum atomic E-state index is 0.422. The van der Waals surface area contributed by atoms with Crippen LogP contribution in [0, 0.1) is 12.3 Å². The maximum Gasteiger partial charge on any atom is 0.0302 e. The predicted octanol–water partition coefficient (Wildman–Crippen LogP) is 3.58.